The summed E-state index contributed by atoms with van der Waals surface area (Å²) in [6, 6.07) is 13.5. The van der Waals surface area contributed by atoms with Gasteiger partial charge >= 0.3 is 0 Å². The number of carbonyl (C=O) groups is 1. The molecule has 1 heterocycles. The lowest BCUT2D eigenvalue weighted by Crippen LogP contribution is -2.31. The number of rotatable bonds is 3. The molecule has 0 saturated carbocycles. The minimum absolute atomic E-state index is 0.0259. The van der Waals surface area contributed by atoms with E-state index in [1.807, 2.05) is 42.5 Å². The molecule has 0 aliphatic carbocycles. The average Bonchev–Trinajstić information content (AvgIpc) is 2.54. The Morgan fingerprint density at radius 2 is 2.05 bits per heavy atom. The highest BCUT2D eigenvalue weighted by Crippen LogP contribution is 2.35. The van der Waals surface area contributed by atoms with E-state index in [0.717, 1.165) is 34.4 Å². The molecule has 1 unspecified atom stereocenters. The zero-order valence-corrected chi connectivity index (χ0v) is 12.5. The van der Waals surface area contributed by atoms with Crippen LogP contribution in [-0.4, -0.2) is 19.6 Å². The number of alkyl halides is 1. The van der Waals surface area contributed by atoms with Crippen molar-refractivity contribution in [2.75, 3.05) is 13.7 Å². The van der Waals surface area contributed by atoms with Gasteiger partial charge in [-0.1, -0.05) is 30.3 Å². The van der Waals surface area contributed by atoms with E-state index in [9.17, 15) is 4.79 Å². The molecule has 108 valence electrons. The van der Waals surface area contributed by atoms with Crippen molar-refractivity contribution >= 4 is 17.5 Å². The molecule has 0 spiro atoms. The number of para-hydroxylation sites is 1. The number of fused-ring (bicyclic) bond motifs is 1. The summed E-state index contributed by atoms with van der Waals surface area (Å²) >= 11 is 6.59. The molecular weight excluding hydrogens is 286 g/mol. The zero-order valence-electron chi connectivity index (χ0n) is 11.7. The molecule has 4 heteroatoms. The van der Waals surface area contributed by atoms with Crippen molar-refractivity contribution in [3.63, 3.8) is 0 Å². The molecule has 0 fully saturated rings. The second-order valence-electron chi connectivity index (χ2n) is 5.03. The highest BCUT2D eigenvalue weighted by Gasteiger charge is 2.21. The molecule has 0 saturated heterocycles. The molecule has 1 aliphatic heterocycles. The van der Waals surface area contributed by atoms with Crippen LogP contribution in [-0.2, 0) is 6.42 Å². The number of halogens is 1. The van der Waals surface area contributed by atoms with E-state index in [4.69, 9.17) is 16.3 Å². The zero-order chi connectivity index (χ0) is 14.8. The first kappa shape index (κ1) is 14.0. The van der Waals surface area contributed by atoms with Crippen molar-refractivity contribution in [1.82, 2.24) is 5.32 Å². The van der Waals surface area contributed by atoms with Gasteiger partial charge in [0.2, 0.25) is 0 Å². The van der Waals surface area contributed by atoms with Gasteiger partial charge in [-0.25, -0.2) is 0 Å². The highest BCUT2D eigenvalue weighted by molar-refractivity contribution is 6.23. The predicted molar refractivity (Wildman–Crippen MR) is 83.2 cm³/mol. The van der Waals surface area contributed by atoms with Crippen molar-refractivity contribution < 1.29 is 9.53 Å². The summed E-state index contributed by atoms with van der Waals surface area (Å²) in [4.78, 5) is 11.9. The predicted octanol–water partition coefficient (Wildman–Crippen LogP) is 3.31. The van der Waals surface area contributed by atoms with E-state index in [0.29, 0.717) is 6.54 Å². The number of carbonyl (C=O) groups excluding carboxylic acids is 1. The Bertz CT molecular complexity index is 684. The lowest BCUT2D eigenvalue weighted by atomic mass is 9.95. The average molecular weight is 302 g/mol. The smallest absolute Gasteiger partial charge is 0.251 e. The van der Waals surface area contributed by atoms with Crippen LogP contribution in [0.5, 0.6) is 5.75 Å². The first-order valence-corrected chi connectivity index (χ1v) is 7.32. The summed E-state index contributed by atoms with van der Waals surface area (Å²) in [5.74, 6) is 0.724. The number of benzene rings is 2. The van der Waals surface area contributed by atoms with Gasteiger partial charge in [-0.2, -0.15) is 0 Å². The van der Waals surface area contributed by atoms with Crippen LogP contribution in [0.1, 0.15) is 32.4 Å². The van der Waals surface area contributed by atoms with Crippen molar-refractivity contribution in [3.8, 4) is 5.75 Å². The monoisotopic (exact) mass is 301 g/mol. The normalized spacial score (nSPS) is 15.0. The van der Waals surface area contributed by atoms with Crippen molar-refractivity contribution in [1.29, 1.82) is 0 Å². The second kappa shape index (κ2) is 5.78. The van der Waals surface area contributed by atoms with Crippen LogP contribution < -0.4 is 10.1 Å². The Labute approximate surface area is 128 Å². The van der Waals surface area contributed by atoms with Crippen LogP contribution in [0.2, 0.25) is 0 Å². The van der Waals surface area contributed by atoms with Gasteiger partial charge in [-0.3, -0.25) is 4.79 Å². The van der Waals surface area contributed by atoms with Crippen molar-refractivity contribution in [2.45, 2.75) is 11.8 Å². The molecule has 0 aromatic heterocycles. The van der Waals surface area contributed by atoms with E-state index in [2.05, 4.69) is 5.32 Å². The fraction of sp³-hybridized carbons (Fsp3) is 0.235. The molecule has 0 radical (unpaired) electrons. The van der Waals surface area contributed by atoms with Gasteiger partial charge in [0, 0.05) is 17.7 Å². The molecule has 21 heavy (non-hydrogen) atoms. The Balaban J connectivity index is 2.00. The summed E-state index contributed by atoms with van der Waals surface area (Å²) in [6.07, 6.45) is 0.864. The molecule has 3 rings (SSSR count). The van der Waals surface area contributed by atoms with Crippen LogP contribution in [0.3, 0.4) is 0 Å². The molecule has 1 amide bonds. The molecule has 1 aliphatic rings. The van der Waals surface area contributed by atoms with Crippen molar-refractivity contribution in [3.05, 3.63) is 64.7 Å². The maximum Gasteiger partial charge on any atom is 0.251 e. The lowest BCUT2D eigenvalue weighted by Gasteiger charge is -2.19. The third kappa shape index (κ3) is 2.61. The minimum Gasteiger partial charge on any atom is -0.496 e. The number of nitrogens with one attached hydrogen (secondary N) is 1. The summed E-state index contributed by atoms with van der Waals surface area (Å²) in [5.41, 5.74) is 3.60. The molecule has 1 N–H and O–H groups in total. The molecule has 2 aromatic carbocycles. The topological polar surface area (TPSA) is 38.3 Å². The Morgan fingerprint density at radius 3 is 2.86 bits per heavy atom. The summed E-state index contributed by atoms with van der Waals surface area (Å²) in [5, 5.41) is 2.51. The first-order valence-electron chi connectivity index (χ1n) is 6.88. The van der Waals surface area contributed by atoms with Gasteiger partial charge in [0.25, 0.3) is 5.91 Å². The molecule has 2 aromatic rings. The second-order valence-corrected chi connectivity index (χ2v) is 5.46. The largest absolute Gasteiger partial charge is 0.496 e. The summed E-state index contributed by atoms with van der Waals surface area (Å²) < 4.78 is 5.36. The third-order valence-electron chi connectivity index (χ3n) is 3.76. The Hall–Kier alpha value is -2.00. The number of ether oxygens (including phenoxy) is 1. The van der Waals surface area contributed by atoms with Crippen LogP contribution >= 0.6 is 11.6 Å². The standard InChI is InChI=1S/C17H16ClNO2/c1-21-15-5-3-2-4-13(15)16(18)12-7-6-11-8-9-19-17(20)14(11)10-12/h2-7,10,16H,8-9H2,1H3,(H,19,20). The quantitative estimate of drug-likeness (QED) is 0.883. The lowest BCUT2D eigenvalue weighted by molar-refractivity contribution is 0.0946. The fourth-order valence-electron chi connectivity index (χ4n) is 2.64. The van der Waals surface area contributed by atoms with E-state index in [-0.39, 0.29) is 11.3 Å². The molecular formula is C17H16ClNO2. The third-order valence-corrected chi connectivity index (χ3v) is 4.25. The number of hydrogen-bond donors (Lipinski definition) is 1. The van der Waals surface area contributed by atoms with Crippen molar-refractivity contribution in [2.24, 2.45) is 0 Å². The van der Waals surface area contributed by atoms with Crippen LogP contribution in [0, 0.1) is 0 Å². The van der Waals surface area contributed by atoms with Crippen LogP contribution in [0.4, 0.5) is 0 Å². The molecule has 3 nitrogen and oxygen atoms in total. The SMILES string of the molecule is COc1ccccc1C(Cl)c1ccc2c(c1)C(=O)NCC2. The van der Waals surface area contributed by atoms with Gasteiger partial charge in [0.1, 0.15) is 5.75 Å². The van der Waals surface area contributed by atoms with E-state index < -0.39 is 0 Å². The van der Waals surface area contributed by atoms with Gasteiger partial charge in [0.15, 0.2) is 0 Å². The van der Waals surface area contributed by atoms with Crippen LogP contribution in [0.15, 0.2) is 42.5 Å². The molecule has 1 atom stereocenters. The van der Waals surface area contributed by atoms with Gasteiger partial charge in [0.05, 0.1) is 12.5 Å². The maximum atomic E-state index is 11.9. The first-order chi connectivity index (χ1) is 10.2. The van der Waals surface area contributed by atoms with Gasteiger partial charge in [-0.15, -0.1) is 11.6 Å². The summed E-state index contributed by atoms with van der Waals surface area (Å²) in [7, 11) is 1.63. The Kier molecular flexibility index (Phi) is 3.84. The van der Waals surface area contributed by atoms with Gasteiger partial charge in [-0.05, 0) is 29.7 Å². The number of methoxy groups -OCH3 is 1. The fourth-order valence-corrected chi connectivity index (χ4v) is 2.96. The van der Waals surface area contributed by atoms with E-state index >= 15 is 0 Å². The summed E-state index contributed by atoms with van der Waals surface area (Å²) in [6.45, 7) is 0.696. The number of amides is 1. The maximum absolute atomic E-state index is 11.9. The van der Waals surface area contributed by atoms with E-state index in [1.165, 1.54) is 0 Å². The highest BCUT2D eigenvalue weighted by atomic mass is 35.5. The van der Waals surface area contributed by atoms with Gasteiger partial charge < -0.3 is 10.1 Å². The van der Waals surface area contributed by atoms with Crippen LogP contribution in [0.25, 0.3) is 0 Å². The minimum atomic E-state index is -0.346. The van der Waals surface area contributed by atoms with E-state index in [1.54, 1.807) is 7.11 Å². The molecule has 0 bridgehead atoms. The number of hydrogen-bond acceptors (Lipinski definition) is 2. The Morgan fingerprint density at radius 1 is 1.24 bits per heavy atom.